The van der Waals surface area contributed by atoms with Crippen LogP contribution in [0.1, 0.15) is 11.1 Å². The van der Waals surface area contributed by atoms with Gasteiger partial charge >= 0.3 is 0 Å². The van der Waals surface area contributed by atoms with Crippen molar-refractivity contribution in [2.24, 2.45) is 7.05 Å². The Labute approximate surface area is 154 Å². The third-order valence-electron chi connectivity index (χ3n) is 3.92. The Balaban J connectivity index is 1.83. The summed E-state index contributed by atoms with van der Waals surface area (Å²) in [6.45, 7) is 1.76. The van der Waals surface area contributed by atoms with Gasteiger partial charge in [-0.2, -0.15) is 0 Å². The number of nitrogens with zero attached hydrogens (tertiary/aromatic N) is 4. The van der Waals surface area contributed by atoms with Crippen molar-refractivity contribution in [3.63, 3.8) is 0 Å². The molecule has 0 saturated heterocycles. The van der Waals surface area contributed by atoms with Gasteiger partial charge < -0.3 is 4.57 Å². The van der Waals surface area contributed by atoms with Crippen LogP contribution in [0.3, 0.4) is 0 Å². The van der Waals surface area contributed by atoms with Crippen LogP contribution < -0.4 is 0 Å². The van der Waals surface area contributed by atoms with Gasteiger partial charge in [0.15, 0.2) is 11.0 Å². The molecule has 8 heteroatoms. The molecule has 0 atom stereocenters. The summed E-state index contributed by atoms with van der Waals surface area (Å²) in [5.41, 5.74) is 2.53. The highest BCUT2D eigenvalue weighted by atomic mass is 35.5. The van der Waals surface area contributed by atoms with Crippen molar-refractivity contribution in [1.29, 1.82) is 0 Å². The summed E-state index contributed by atoms with van der Waals surface area (Å²) < 4.78 is 1.87. The Hall–Kier alpha value is -2.38. The van der Waals surface area contributed by atoms with Crippen molar-refractivity contribution in [2.45, 2.75) is 17.8 Å². The lowest BCUT2D eigenvalue weighted by Gasteiger charge is -2.07. The molecule has 0 spiro atoms. The zero-order valence-electron chi connectivity index (χ0n) is 13.6. The first kappa shape index (κ1) is 17.4. The van der Waals surface area contributed by atoms with E-state index in [0.29, 0.717) is 22.2 Å². The second-order valence-corrected chi connectivity index (χ2v) is 6.80. The van der Waals surface area contributed by atoms with Gasteiger partial charge in [-0.3, -0.25) is 10.1 Å². The molecule has 0 unspecified atom stereocenters. The van der Waals surface area contributed by atoms with E-state index in [1.807, 2.05) is 41.9 Å². The van der Waals surface area contributed by atoms with E-state index in [1.54, 1.807) is 13.0 Å². The van der Waals surface area contributed by atoms with E-state index < -0.39 is 0 Å². The van der Waals surface area contributed by atoms with Crippen LogP contribution in [0.2, 0.25) is 5.02 Å². The molecule has 25 heavy (non-hydrogen) atoms. The predicted molar refractivity (Wildman–Crippen MR) is 98.8 cm³/mol. The highest BCUT2D eigenvalue weighted by Crippen LogP contribution is 2.31. The topological polar surface area (TPSA) is 73.8 Å². The average molecular weight is 375 g/mol. The molecule has 3 aromatic rings. The summed E-state index contributed by atoms with van der Waals surface area (Å²) in [6, 6.07) is 12.6. The number of rotatable bonds is 5. The maximum atomic E-state index is 11.1. The maximum Gasteiger partial charge on any atom is 0.272 e. The fourth-order valence-corrected chi connectivity index (χ4v) is 3.68. The van der Waals surface area contributed by atoms with Gasteiger partial charge in [0.05, 0.1) is 9.95 Å². The molecule has 0 bridgehead atoms. The number of hydrogen-bond donors (Lipinski definition) is 0. The van der Waals surface area contributed by atoms with Gasteiger partial charge in [0.1, 0.15) is 0 Å². The summed E-state index contributed by atoms with van der Waals surface area (Å²) in [5, 5.41) is 20.8. The molecule has 0 aliphatic rings. The first-order valence-electron chi connectivity index (χ1n) is 7.49. The molecule has 1 aromatic heterocycles. The van der Waals surface area contributed by atoms with Gasteiger partial charge in [-0.1, -0.05) is 47.6 Å². The zero-order chi connectivity index (χ0) is 18.0. The van der Waals surface area contributed by atoms with Crippen molar-refractivity contribution in [1.82, 2.24) is 14.8 Å². The van der Waals surface area contributed by atoms with Crippen molar-refractivity contribution in [2.75, 3.05) is 0 Å². The first-order chi connectivity index (χ1) is 12.0. The molecule has 3 rings (SSSR count). The van der Waals surface area contributed by atoms with E-state index in [2.05, 4.69) is 10.2 Å². The molecule has 0 aliphatic carbocycles. The molecule has 128 valence electrons. The molecule has 0 N–H and O–H groups in total. The molecule has 2 aromatic carbocycles. The number of nitro benzene ring substituents is 1. The summed E-state index contributed by atoms with van der Waals surface area (Å²) in [4.78, 5) is 10.7. The van der Waals surface area contributed by atoms with E-state index in [4.69, 9.17) is 11.6 Å². The lowest BCUT2D eigenvalue weighted by molar-refractivity contribution is -0.385. The van der Waals surface area contributed by atoms with Gasteiger partial charge in [0.25, 0.3) is 5.69 Å². The van der Waals surface area contributed by atoms with Gasteiger partial charge in [-0.05, 0) is 24.6 Å². The lowest BCUT2D eigenvalue weighted by atomic mass is 10.1. The fourth-order valence-electron chi connectivity index (χ4n) is 2.48. The molecular weight excluding hydrogens is 360 g/mol. The standard InChI is InChI=1S/C17H15ClN4O2S/c1-11-12(6-5-9-15(11)22(23)24)10-25-17-20-19-16(21(17)2)13-7-3-4-8-14(13)18/h3-9H,10H2,1-2H3. The Morgan fingerprint density at radius 2 is 1.96 bits per heavy atom. The lowest BCUT2D eigenvalue weighted by Crippen LogP contribution is -1.97. The summed E-state index contributed by atoms with van der Waals surface area (Å²) in [6.07, 6.45) is 0. The van der Waals surface area contributed by atoms with E-state index in [-0.39, 0.29) is 10.6 Å². The minimum absolute atomic E-state index is 0.132. The highest BCUT2D eigenvalue weighted by Gasteiger charge is 2.16. The van der Waals surface area contributed by atoms with E-state index in [1.165, 1.54) is 17.8 Å². The second-order valence-electron chi connectivity index (χ2n) is 5.45. The van der Waals surface area contributed by atoms with Crippen molar-refractivity contribution >= 4 is 29.1 Å². The molecule has 6 nitrogen and oxygen atoms in total. The van der Waals surface area contributed by atoms with Crippen LogP contribution in [-0.2, 0) is 12.8 Å². The monoisotopic (exact) mass is 374 g/mol. The molecule has 0 aliphatic heterocycles. The van der Waals surface area contributed by atoms with Crippen molar-refractivity contribution in [3.05, 3.63) is 68.7 Å². The van der Waals surface area contributed by atoms with E-state index >= 15 is 0 Å². The molecule has 0 radical (unpaired) electrons. The Bertz CT molecular complexity index is 942. The first-order valence-corrected chi connectivity index (χ1v) is 8.85. The minimum atomic E-state index is -0.360. The van der Waals surface area contributed by atoms with E-state index in [9.17, 15) is 10.1 Å². The van der Waals surface area contributed by atoms with Crippen LogP contribution in [0.5, 0.6) is 0 Å². The summed E-state index contributed by atoms with van der Waals surface area (Å²) >= 11 is 7.71. The molecule has 0 fully saturated rings. The number of aromatic nitrogens is 3. The molecule has 0 saturated carbocycles. The van der Waals surface area contributed by atoms with Gasteiger partial charge in [0, 0.05) is 30.0 Å². The van der Waals surface area contributed by atoms with Gasteiger partial charge in [-0.25, -0.2) is 0 Å². The Morgan fingerprint density at radius 1 is 1.20 bits per heavy atom. The number of halogens is 1. The third kappa shape index (κ3) is 3.52. The van der Waals surface area contributed by atoms with Gasteiger partial charge in [-0.15, -0.1) is 10.2 Å². The van der Waals surface area contributed by atoms with Crippen LogP contribution in [0.15, 0.2) is 47.6 Å². The largest absolute Gasteiger partial charge is 0.305 e. The van der Waals surface area contributed by atoms with Crippen LogP contribution in [-0.4, -0.2) is 19.7 Å². The normalized spacial score (nSPS) is 10.8. The quantitative estimate of drug-likeness (QED) is 0.369. The Kier molecular flexibility index (Phi) is 5.06. The predicted octanol–water partition coefficient (Wildman–Crippen LogP) is 4.64. The number of nitro groups is 1. The SMILES string of the molecule is Cc1c(CSc2nnc(-c3ccccc3Cl)n2C)cccc1[N+](=O)[O-]. The summed E-state index contributed by atoms with van der Waals surface area (Å²) in [5.74, 6) is 1.26. The summed E-state index contributed by atoms with van der Waals surface area (Å²) in [7, 11) is 1.88. The van der Waals surface area contributed by atoms with Crippen LogP contribution in [0.25, 0.3) is 11.4 Å². The smallest absolute Gasteiger partial charge is 0.272 e. The average Bonchev–Trinajstić information content (AvgIpc) is 2.95. The van der Waals surface area contributed by atoms with Gasteiger partial charge in [0.2, 0.25) is 0 Å². The fraction of sp³-hybridized carbons (Fsp3) is 0.176. The minimum Gasteiger partial charge on any atom is -0.305 e. The van der Waals surface area contributed by atoms with Crippen molar-refractivity contribution in [3.8, 4) is 11.4 Å². The Morgan fingerprint density at radius 3 is 2.68 bits per heavy atom. The van der Waals surface area contributed by atoms with Crippen molar-refractivity contribution < 1.29 is 4.92 Å². The van der Waals surface area contributed by atoms with E-state index in [0.717, 1.165) is 16.3 Å². The number of benzene rings is 2. The third-order valence-corrected chi connectivity index (χ3v) is 5.32. The van der Waals surface area contributed by atoms with Crippen LogP contribution >= 0.6 is 23.4 Å². The number of thioether (sulfide) groups is 1. The molecule has 0 amide bonds. The molecule has 1 heterocycles. The number of hydrogen-bond acceptors (Lipinski definition) is 5. The van der Waals surface area contributed by atoms with Crippen LogP contribution in [0, 0.1) is 17.0 Å². The molecular formula is C17H15ClN4O2S. The maximum absolute atomic E-state index is 11.1. The second kappa shape index (κ2) is 7.25. The zero-order valence-corrected chi connectivity index (χ0v) is 15.2. The van der Waals surface area contributed by atoms with Crippen LogP contribution in [0.4, 0.5) is 5.69 Å². The highest BCUT2D eigenvalue weighted by molar-refractivity contribution is 7.98.